The number of thiazole rings is 1. The first-order chi connectivity index (χ1) is 13.3. The van der Waals surface area contributed by atoms with E-state index >= 15 is 0 Å². The smallest absolute Gasteiger partial charge is 0.238 e. The van der Waals surface area contributed by atoms with Gasteiger partial charge < -0.3 is 10.2 Å². The summed E-state index contributed by atoms with van der Waals surface area (Å²) in [4.78, 5) is 19.4. The van der Waals surface area contributed by atoms with Crippen molar-refractivity contribution in [1.29, 1.82) is 0 Å². The van der Waals surface area contributed by atoms with Gasteiger partial charge in [-0.15, -0.1) is 11.3 Å². The van der Waals surface area contributed by atoms with Crippen LogP contribution in [0, 0.1) is 0 Å². The summed E-state index contributed by atoms with van der Waals surface area (Å²) >= 11 is 1.51. The molecule has 0 saturated carbocycles. The molecule has 0 aliphatic carbocycles. The molecule has 2 aromatic carbocycles. The molecule has 0 atom stereocenters. The normalized spacial score (nSPS) is 14.6. The van der Waals surface area contributed by atoms with E-state index in [4.69, 9.17) is 0 Å². The molecule has 3 aromatic rings. The van der Waals surface area contributed by atoms with E-state index < -0.39 is 0 Å². The zero-order chi connectivity index (χ0) is 18.5. The summed E-state index contributed by atoms with van der Waals surface area (Å²) in [5, 5.41) is 5.80. The fourth-order valence-electron chi connectivity index (χ4n) is 3.72. The molecule has 2 N–H and O–H groups in total. The highest BCUT2D eigenvalue weighted by atomic mass is 32.1. The second kappa shape index (κ2) is 8.46. The van der Waals surface area contributed by atoms with E-state index in [1.54, 1.807) is 4.90 Å². The van der Waals surface area contributed by atoms with Crippen LogP contribution in [0.5, 0.6) is 0 Å². The first-order valence-electron chi connectivity index (χ1n) is 9.48. The van der Waals surface area contributed by atoms with Gasteiger partial charge in [-0.3, -0.25) is 4.79 Å². The van der Waals surface area contributed by atoms with Crippen LogP contribution < -0.4 is 10.2 Å². The Bertz CT molecular complexity index is 833. The van der Waals surface area contributed by atoms with Crippen molar-refractivity contribution in [2.24, 2.45) is 0 Å². The molecule has 1 aromatic heterocycles. The Balaban J connectivity index is 1.51. The molecule has 4 rings (SSSR count). The van der Waals surface area contributed by atoms with Crippen molar-refractivity contribution in [3.63, 3.8) is 0 Å². The van der Waals surface area contributed by atoms with Gasteiger partial charge >= 0.3 is 0 Å². The van der Waals surface area contributed by atoms with Crippen LogP contribution in [0.25, 0.3) is 0 Å². The monoisotopic (exact) mass is 378 g/mol. The van der Waals surface area contributed by atoms with E-state index in [2.05, 4.69) is 15.7 Å². The third-order valence-electron chi connectivity index (χ3n) is 5.05. The van der Waals surface area contributed by atoms with Gasteiger partial charge in [-0.2, -0.15) is 0 Å². The van der Waals surface area contributed by atoms with E-state index in [1.165, 1.54) is 37.3 Å². The number of quaternary nitrogens is 1. The number of likely N-dealkylation sites (tertiary alicyclic amines) is 1. The van der Waals surface area contributed by atoms with Crippen molar-refractivity contribution in [1.82, 2.24) is 4.98 Å². The van der Waals surface area contributed by atoms with Gasteiger partial charge in [0, 0.05) is 18.2 Å². The summed E-state index contributed by atoms with van der Waals surface area (Å²) in [5.74, 6) is -0.384. The first-order valence-corrected chi connectivity index (χ1v) is 10.4. The predicted molar refractivity (Wildman–Crippen MR) is 109 cm³/mol. The molecule has 0 spiro atoms. The lowest BCUT2D eigenvalue weighted by Gasteiger charge is -2.17. The number of anilines is 1. The minimum atomic E-state index is -0.344. The van der Waals surface area contributed by atoms with Crippen molar-refractivity contribution in [2.45, 2.75) is 25.3 Å². The summed E-state index contributed by atoms with van der Waals surface area (Å²) in [6, 6.07) is 19.8. The molecule has 138 valence electrons. The zero-order valence-corrected chi connectivity index (χ0v) is 16.0. The Labute approximate surface area is 163 Å². The first kappa shape index (κ1) is 17.9. The topological polar surface area (TPSA) is 46.4 Å². The molecule has 1 saturated heterocycles. The number of hydrogen-bond donors (Lipinski definition) is 2. The predicted octanol–water partition coefficient (Wildman–Crippen LogP) is 3.09. The average molecular weight is 379 g/mol. The summed E-state index contributed by atoms with van der Waals surface area (Å²) in [6.07, 6.45) is 2.61. The maximum atomic E-state index is 13.1. The van der Waals surface area contributed by atoms with Crippen molar-refractivity contribution >= 4 is 22.4 Å². The van der Waals surface area contributed by atoms with Crippen LogP contribution in [0.1, 0.15) is 35.6 Å². The van der Waals surface area contributed by atoms with Crippen LogP contribution in [0.4, 0.5) is 5.13 Å². The highest BCUT2D eigenvalue weighted by Crippen LogP contribution is 2.27. The molecular formula is C22H24N3OS+. The molecular weight excluding hydrogens is 354 g/mol. The summed E-state index contributed by atoms with van der Waals surface area (Å²) < 4.78 is 0. The molecule has 0 radical (unpaired) electrons. The molecule has 0 bridgehead atoms. The Morgan fingerprint density at radius 1 is 1.00 bits per heavy atom. The number of carbonyl (C=O) groups excluding carboxylic acids is 1. The number of nitrogens with zero attached hydrogens (tertiary/aromatic N) is 1. The summed E-state index contributed by atoms with van der Waals surface area (Å²) in [5.41, 5.74) is 3.04. The van der Waals surface area contributed by atoms with E-state index in [9.17, 15) is 4.79 Å². The molecule has 1 amide bonds. The lowest BCUT2D eigenvalue weighted by molar-refractivity contribution is -0.901. The number of amides is 1. The molecule has 1 aliphatic rings. The number of nitrogens with one attached hydrogen (secondary N) is 2. The van der Waals surface area contributed by atoms with Crippen LogP contribution in [0.3, 0.4) is 0 Å². The Morgan fingerprint density at radius 2 is 1.59 bits per heavy atom. The van der Waals surface area contributed by atoms with E-state index in [0.717, 1.165) is 23.4 Å². The lowest BCUT2D eigenvalue weighted by atomic mass is 9.90. The van der Waals surface area contributed by atoms with Gasteiger partial charge in [0.1, 0.15) is 12.2 Å². The third-order valence-corrected chi connectivity index (χ3v) is 5.86. The zero-order valence-electron chi connectivity index (χ0n) is 15.2. The Morgan fingerprint density at radius 3 is 2.19 bits per heavy atom. The van der Waals surface area contributed by atoms with Crippen molar-refractivity contribution < 1.29 is 9.69 Å². The van der Waals surface area contributed by atoms with Crippen molar-refractivity contribution in [3.05, 3.63) is 82.9 Å². The van der Waals surface area contributed by atoms with Gasteiger partial charge in [0.25, 0.3) is 0 Å². The Kier molecular flexibility index (Phi) is 5.61. The fourth-order valence-corrected chi connectivity index (χ4v) is 4.43. The quantitative estimate of drug-likeness (QED) is 0.692. The van der Waals surface area contributed by atoms with Crippen LogP contribution >= 0.6 is 11.3 Å². The van der Waals surface area contributed by atoms with Crippen molar-refractivity contribution in [3.8, 4) is 0 Å². The highest BCUT2D eigenvalue weighted by molar-refractivity contribution is 7.13. The van der Waals surface area contributed by atoms with Gasteiger partial charge in [-0.25, -0.2) is 4.98 Å². The summed E-state index contributed by atoms with van der Waals surface area (Å²) in [7, 11) is 0. The number of carbonyl (C=O) groups is 1. The van der Waals surface area contributed by atoms with Gasteiger partial charge in [0.05, 0.1) is 19.0 Å². The van der Waals surface area contributed by atoms with Gasteiger partial charge in [-0.1, -0.05) is 60.7 Å². The van der Waals surface area contributed by atoms with Crippen LogP contribution in [-0.4, -0.2) is 24.0 Å². The summed E-state index contributed by atoms with van der Waals surface area (Å²) in [6.45, 7) is 3.40. The number of hydrogen-bond acceptors (Lipinski definition) is 3. The van der Waals surface area contributed by atoms with Crippen LogP contribution in [0.15, 0.2) is 66.0 Å². The maximum absolute atomic E-state index is 13.1. The van der Waals surface area contributed by atoms with Gasteiger partial charge in [0.15, 0.2) is 5.13 Å². The fraction of sp³-hybridized carbons (Fsp3) is 0.273. The minimum Gasteiger partial charge on any atom is -0.330 e. The molecule has 5 heteroatoms. The second-order valence-corrected chi connectivity index (χ2v) is 7.88. The van der Waals surface area contributed by atoms with Crippen molar-refractivity contribution in [2.75, 3.05) is 18.4 Å². The van der Waals surface area contributed by atoms with Crippen LogP contribution in [0.2, 0.25) is 0 Å². The van der Waals surface area contributed by atoms with Gasteiger partial charge in [-0.05, 0) is 11.1 Å². The second-order valence-electron chi connectivity index (χ2n) is 7.02. The minimum absolute atomic E-state index is 0.0400. The van der Waals surface area contributed by atoms with E-state index in [0.29, 0.717) is 5.13 Å². The molecule has 1 aliphatic heterocycles. The standard InChI is InChI=1S/C22H23N3OS/c26-21(24-22-23-19(16-27-22)15-25-13-7-8-14-25)20(17-9-3-1-4-10-17)18-11-5-2-6-12-18/h1-6,9-12,16,20H,7-8,13-15H2,(H,23,24,26)/p+1. The maximum Gasteiger partial charge on any atom is 0.238 e. The SMILES string of the molecule is O=C(Nc1nc(C[NH+]2CCCC2)cs1)C(c1ccccc1)c1ccccc1. The molecule has 2 heterocycles. The third kappa shape index (κ3) is 4.43. The molecule has 1 fully saturated rings. The number of benzene rings is 2. The van der Waals surface area contributed by atoms with Gasteiger partial charge in [0.2, 0.25) is 5.91 Å². The largest absolute Gasteiger partial charge is 0.330 e. The number of aromatic nitrogens is 1. The van der Waals surface area contributed by atoms with Crippen LogP contribution in [-0.2, 0) is 11.3 Å². The average Bonchev–Trinajstić information content (AvgIpc) is 3.36. The molecule has 0 unspecified atom stereocenters. The van der Waals surface area contributed by atoms with E-state index in [1.807, 2.05) is 60.7 Å². The number of rotatable bonds is 6. The highest BCUT2D eigenvalue weighted by Gasteiger charge is 2.24. The molecule has 27 heavy (non-hydrogen) atoms. The van der Waals surface area contributed by atoms with E-state index in [-0.39, 0.29) is 11.8 Å². The lowest BCUT2D eigenvalue weighted by Crippen LogP contribution is -3.08. The Hall–Kier alpha value is -2.50. The molecule has 4 nitrogen and oxygen atoms in total.